The average Bonchev–Trinajstić information content (AvgIpc) is 2.83. The summed E-state index contributed by atoms with van der Waals surface area (Å²) >= 11 is 0. The van der Waals surface area contributed by atoms with E-state index >= 15 is 0 Å². The van der Waals surface area contributed by atoms with Gasteiger partial charge in [0.25, 0.3) is 0 Å². The van der Waals surface area contributed by atoms with Crippen LogP contribution >= 0.6 is 0 Å². The zero-order valence-corrected chi connectivity index (χ0v) is 21.2. The minimum Gasteiger partial charge on any atom is -0.508 e. The van der Waals surface area contributed by atoms with Crippen LogP contribution in [0.1, 0.15) is 16.7 Å². The van der Waals surface area contributed by atoms with Crippen LogP contribution < -0.4 is 16.9 Å². The van der Waals surface area contributed by atoms with E-state index in [1.54, 1.807) is 36.4 Å². The van der Waals surface area contributed by atoms with Crippen LogP contribution in [0.15, 0.2) is 100 Å². The predicted octanol–water partition coefficient (Wildman–Crippen LogP) is 5.42. The van der Waals surface area contributed by atoms with Gasteiger partial charge in [0.1, 0.15) is 34.0 Å². The molecular weight excluding hydrogens is 504 g/mol. The zero-order chi connectivity index (χ0) is 28.3. The third kappa shape index (κ3) is 6.34. The lowest BCUT2D eigenvalue weighted by molar-refractivity contribution is 0.472. The minimum atomic E-state index is -0.393. The van der Waals surface area contributed by atoms with Crippen LogP contribution in [0, 0.1) is 20.8 Å². The van der Waals surface area contributed by atoms with Gasteiger partial charge in [-0.2, -0.15) is 0 Å². The molecule has 0 aliphatic rings. The highest BCUT2D eigenvalue weighted by atomic mass is 16.4. The minimum absolute atomic E-state index is 0.0984. The van der Waals surface area contributed by atoms with Crippen molar-refractivity contribution < 1.29 is 28.6 Å². The third-order valence-electron chi connectivity index (χ3n) is 5.80. The van der Waals surface area contributed by atoms with Crippen LogP contribution in [0.4, 0.5) is 0 Å². The maximum Gasteiger partial charge on any atom is 0.336 e. The number of hydrogen-bond donors (Lipinski definition) is 3. The Morgan fingerprint density at radius 1 is 0.436 bits per heavy atom. The second-order valence-corrected chi connectivity index (χ2v) is 8.79. The molecule has 198 valence electrons. The molecule has 3 aromatic heterocycles. The van der Waals surface area contributed by atoms with Crippen molar-refractivity contribution in [1.82, 2.24) is 0 Å². The fourth-order valence-corrected chi connectivity index (χ4v) is 3.94. The molecule has 0 fully saturated rings. The summed E-state index contributed by atoms with van der Waals surface area (Å²) < 4.78 is 14.7. The van der Waals surface area contributed by atoms with Crippen molar-refractivity contribution in [3.05, 3.63) is 121 Å². The second-order valence-electron chi connectivity index (χ2n) is 8.79. The molecule has 0 unspecified atom stereocenters. The molecule has 0 radical (unpaired) electrons. The Balaban J connectivity index is 0.000000136. The molecular formula is C30H24O9. The molecule has 0 atom stereocenters. The van der Waals surface area contributed by atoms with Crippen molar-refractivity contribution in [2.24, 2.45) is 0 Å². The third-order valence-corrected chi connectivity index (χ3v) is 5.80. The van der Waals surface area contributed by atoms with Crippen molar-refractivity contribution in [2.45, 2.75) is 20.8 Å². The average molecular weight is 529 g/mol. The molecule has 0 saturated heterocycles. The van der Waals surface area contributed by atoms with Crippen molar-refractivity contribution in [2.75, 3.05) is 0 Å². The van der Waals surface area contributed by atoms with Crippen LogP contribution in [0.5, 0.6) is 17.2 Å². The first-order valence-electron chi connectivity index (χ1n) is 11.7. The number of aromatic hydroxyl groups is 3. The molecule has 9 heteroatoms. The number of rotatable bonds is 0. The molecule has 0 spiro atoms. The van der Waals surface area contributed by atoms with E-state index in [1.807, 2.05) is 20.8 Å². The van der Waals surface area contributed by atoms with Crippen LogP contribution in [-0.4, -0.2) is 15.3 Å². The van der Waals surface area contributed by atoms with Crippen LogP contribution in [0.2, 0.25) is 0 Å². The molecule has 0 aliphatic heterocycles. The first kappa shape index (κ1) is 26.7. The molecule has 0 saturated carbocycles. The van der Waals surface area contributed by atoms with E-state index in [0.29, 0.717) is 16.7 Å². The molecule has 39 heavy (non-hydrogen) atoms. The lowest BCUT2D eigenvalue weighted by Crippen LogP contribution is -1.97. The van der Waals surface area contributed by atoms with Crippen molar-refractivity contribution in [3.8, 4) is 17.2 Å². The predicted molar refractivity (Wildman–Crippen MR) is 147 cm³/mol. The van der Waals surface area contributed by atoms with Crippen LogP contribution in [0.25, 0.3) is 32.9 Å². The van der Waals surface area contributed by atoms with E-state index < -0.39 is 16.9 Å². The van der Waals surface area contributed by atoms with Crippen molar-refractivity contribution in [3.63, 3.8) is 0 Å². The Bertz CT molecular complexity index is 1760. The van der Waals surface area contributed by atoms with E-state index in [2.05, 4.69) is 0 Å². The molecule has 6 aromatic rings. The van der Waals surface area contributed by atoms with E-state index in [0.717, 1.165) is 32.8 Å². The summed E-state index contributed by atoms with van der Waals surface area (Å²) in [6.45, 7) is 5.49. The molecule has 3 N–H and O–H groups in total. The summed E-state index contributed by atoms with van der Waals surface area (Å²) in [5.41, 5.74) is 2.64. The molecule has 9 nitrogen and oxygen atoms in total. The maximum absolute atomic E-state index is 11.0. The summed E-state index contributed by atoms with van der Waals surface area (Å²) in [6, 6.07) is 18.5. The summed E-state index contributed by atoms with van der Waals surface area (Å²) in [6.07, 6.45) is 0. The van der Waals surface area contributed by atoms with Gasteiger partial charge >= 0.3 is 16.9 Å². The SMILES string of the molecule is Cc1cc(=O)oc2cc(O)ccc12.Cc1cc(=O)oc2cc(O)ccc12.Cc1cc(=O)oc2cc(O)ccc12. The van der Waals surface area contributed by atoms with E-state index in [1.165, 1.54) is 36.4 Å². The van der Waals surface area contributed by atoms with Crippen molar-refractivity contribution >= 4 is 32.9 Å². The lowest BCUT2D eigenvalue weighted by Gasteiger charge is -1.99. The number of phenols is 3. The Morgan fingerprint density at radius 2 is 0.692 bits per heavy atom. The largest absolute Gasteiger partial charge is 0.508 e. The van der Waals surface area contributed by atoms with Gasteiger partial charge in [-0.05, 0) is 73.9 Å². The van der Waals surface area contributed by atoms with Gasteiger partial charge in [0.15, 0.2) is 0 Å². The lowest BCUT2D eigenvalue weighted by atomic mass is 10.1. The standard InChI is InChI=1S/3C10H8O3/c3*1-6-4-10(12)13-9-5-7(11)2-3-8(6)9/h3*2-5,11H,1H3. The Kier molecular flexibility index (Phi) is 7.53. The fraction of sp³-hybridized carbons (Fsp3) is 0.100. The number of aryl methyl sites for hydroxylation is 3. The monoisotopic (exact) mass is 528 g/mol. The smallest absolute Gasteiger partial charge is 0.336 e. The van der Waals surface area contributed by atoms with Gasteiger partial charge in [-0.25, -0.2) is 14.4 Å². The van der Waals surface area contributed by atoms with Gasteiger partial charge in [-0.1, -0.05) is 0 Å². The first-order valence-corrected chi connectivity index (χ1v) is 11.7. The van der Waals surface area contributed by atoms with E-state index in [-0.39, 0.29) is 17.2 Å². The maximum atomic E-state index is 11.0. The highest BCUT2D eigenvalue weighted by Gasteiger charge is 2.03. The number of fused-ring (bicyclic) bond motifs is 3. The molecule has 6 rings (SSSR count). The van der Waals surface area contributed by atoms with Crippen LogP contribution in [0.3, 0.4) is 0 Å². The highest BCUT2D eigenvalue weighted by molar-refractivity contribution is 5.82. The normalized spacial score (nSPS) is 10.5. The second kappa shape index (κ2) is 11.0. The first-order chi connectivity index (χ1) is 18.5. The number of hydrogen-bond acceptors (Lipinski definition) is 9. The Hall–Kier alpha value is -5.31. The van der Waals surface area contributed by atoms with Crippen molar-refractivity contribution in [1.29, 1.82) is 0 Å². The van der Waals surface area contributed by atoms with Gasteiger partial charge in [0, 0.05) is 52.6 Å². The number of phenolic OH excluding ortho intramolecular Hbond substituents is 3. The summed E-state index contributed by atoms with van der Waals surface area (Å²) in [5, 5.41) is 30.0. The topological polar surface area (TPSA) is 151 Å². The zero-order valence-electron chi connectivity index (χ0n) is 21.2. The van der Waals surface area contributed by atoms with Gasteiger partial charge in [0.2, 0.25) is 0 Å². The van der Waals surface area contributed by atoms with Gasteiger partial charge in [-0.15, -0.1) is 0 Å². The summed E-state index contributed by atoms with van der Waals surface area (Å²) in [5.74, 6) is 0.295. The van der Waals surface area contributed by atoms with Crippen LogP contribution in [-0.2, 0) is 0 Å². The highest BCUT2D eigenvalue weighted by Crippen LogP contribution is 2.22. The summed E-state index contributed by atoms with van der Waals surface area (Å²) in [4.78, 5) is 32.9. The van der Waals surface area contributed by atoms with E-state index in [9.17, 15) is 14.4 Å². The molecule has 0 aliphatic carbocycles. The van der Waals surface area contributed by atoms with Gasteiger partial charge < -0.3 is 28.6 Å². The molecule has 0 amide bonds. The molecule has 3 aromatic carbocycles. The summed E-state index contributed by atoms with van der Waals surface area (Å²) in [7, 11) is 0. The Labute approximate surface area is 220 Å². The molecule has 0 bridgehead atoms. The number of benzene rings is 3. The quantitative estimate of drug-likeness (QED) is 0.219. The fourth-order valence-electron chi connectivity index (χ4n) is 3.94. The Morgan fingerprint density at radius 3 is 0.949 bits per heavy atom. The van der Waals surface area contributed by atoms with E-state index in [4.69, 9.17) is 28.6 Å². The van der Waals surface area contributed by atoms with Gasteiger partial charge in [-0.3, -0.25) is 0 Å². The molecule has 3 heterocycles. The van der Waals surface area contributed by atoms with Gasteiger partial charge in [0.05, 0.1) is 0 Å².